The van der Waals surface area contributed by atoms with Crippen molar-refractivity contribution in [3.8, 4) is 0 Å². The van der Waals surface area contributed by atoms with E-state index in [2.05, 4.69) is 10.3 Å². The van der Waals surface area contributed by atoms with E-state index < -0.39 is 11.7 Å². The van der Waals surface area contributed by atoms with E-state index in [1.807, 2.05) is 0 Å². The highest BCUT2D eigenvalue weighted by atomic mass is 19.4. The van der Waals surface area contributed by atoms with Gasteiger partial charge in [0.25, 0.3) is 0 Å². The molecule has 0 aliphatic rings. The van der Waals surface area contributed by atoms with E-state index >= 15 is 0 Å². The molecule has 2 atom stereocenters. The van der Waals surface area contributed by atoms with Crippen molar-refractivity contribution >= 4 is 5.82 Å². The second-order valence-corrected chi connectivity index (χ2v) is 3.99. The minimum Gasteiger partial charge on any atom is -0.396 e. The first-order valence-electron chi connectivity index (χ1n) is 5.26. The molecule has 96 valence electrons. The van der Waals surface area contributed by atoms with Crippen LogP contribution in [0.25, 0.3) is 0 Å². The van der Waals surface area contributed by atoms with Crippen LogP contribution in [-0.4, -0.2) is 22.7 Å². The molecule has 0 spiro atoms. The number of aromatic nitrogens is 1. The van der Waals surface area contributed by atoms with Gasteiger partial charge in [-0.2, -0.15) is 13.2 Å². The Kier molecular flexibility index (Phi) is 4.34. The lowest BCUT2D eigenvalue weighted by molar-refractivity contribution is -0.137. The zero-order valence-electron chi connectivity index (χ0n) is 9.62. The molecule has 6 heteroatoms. The number of halogens is 3. The van der Waals surface area contributed by atoms with Gasteiger partial charge in [-0.25, -0.2) is 4.98 Å². The average Bonchev–Trinajstić information content (AvgIpc) is 2.27. The lowest BCUT2D eigenvalue weighted by Gasteiger charge is -2.22. The van der Waals surface area contributed by atoms with E-state index in [9.17, 15) is 13.2 Å². The summed E-state index contributed by atoms with van der Waals surface area (Å²) in [5.74, 6) is -0.356. The molecule has 1 heterocycles. The van der Waals surface area contributed by atoms with Gasteiger partial charge in [0.1, 0.15) is 5.82 Å². The Bertz CT molecular complexity index is 368. The zero-order valence-corrected chi connectivity index (χ0v) is 9.62. The van der Waals surface area contributed by atoms with Crippen LogP contribution < -0.4 is 5.32 Å². The Hall–Kier alpha value is -1.30. The summed E-state index contributed by atoms with van der Waals surface area (Å²) in [4.78, 5) is 3.69. The van der Waals surface area contributed by atoms with Crippen LogP contribution in [0, 0.1) is 5.92 Å². The fraction of sp³-hybridized carbons (Fsp3) is 0.545. The van der Waals surface area contributed by atoms with Crippen LogP contribution in [0.5, 0.6) is 0 Å². The number of anilines is 1. The lowest BCUT2D eigenvalue weighted by atomic mass is 10.0. The first-order chi connectivity index (χ1) is 7.86. The monoisotopic (exact) mass is 248 g/mol. The molecule has 0 amide bonds. The quantitative estimate of drug-likeness (QED) is 0.860. The molecule has 1 aromatic rings. The van der Waals surface area contributed by atoms with Crippen molar-refractivity contribution in [2.45, 2.75) is 26.1 Å². The van der Waals surface area contributed by atoms with Crippen molar-refractivity contribution in [1.29, 1.82) is 0 Å². The summed E-state index contributed by atoms with van der Waals surface area (Å²) in [5, 5.41) is 11.6. The Morgan fingerprint density at radius 1 is 1.41 bits per heavy atom. The molecule has 0 radical (unpaired) electrons. The Morgan fingerprint density at radius 2 is 2.06 bits per heavy atom. The van der Waals surface area contributed by atoms with Crippen LogP contribution >= 0.6 is 0 Å². The van der Waals surface area contributed by atoms with E-state index in [4.69, 9.17) is 5.11 Å². The van der Waals surface area contributed by atoms with Crippen LogP contribution in [0.3, 0.4) is 0 Å². The van der Waals surface area contributed by atoms with Crippen LogP contribution in [0.1, 0.15) is 19.4 Å². The summed E-state index contributed by atoms with van der Waals surface area (Å²) in [6.07, 6.45) is -3.13. The molecule has 1 rings (SSSR count). The van der Waals surface area contributed by atoms with Gasteiger partial charge in [0.15, 0.2) is 0 Å². The number of aliphatic hydroxyl groups is 1. The first kappa shape index (κ1) is 13.8. The van der Waals surface area contributed by atoms with Gasteiger partial charge in [-0.15, -0.1) is 0 Å². The maximum absolute atomic E-state index is 12.7. The normalized spacial score (nSPS) is 15.4. The Morgan fingerprint density at radius 3 is 2.59 bits per heavy atom. The number of pyridine rings is 1. The molecule has 0 aliphatic carbocycles. The van der Waals surface area contributed by atoms with Crippen molar-refractivity contribution in [3.63, 3.8) is 0 Å². The maximum atomic E-state index is 12.7. The number of nitrogens with one attached hydrogen (secondary N) is 1. The number of nitrogens with zero attached hydrogens (tertiary/aromatic N) is 1. The first-order valence-corrected chi connectivity index (χ1v) is 5.26. The van der Waals surface area contributed by atoms with Crippen LogP contribution in [-0.2, 0) is 6.18 Å². The van der Waals surface area contributed by atoms with Gasteiger partial charge in [-0.05, 0) is 25.0 Å². The summed E-state index contributed by atoms with van der Waals surface area (Å²) in [5.41, 5.74) is -0.794. The third-order valence-corrected chi connectivity index (χ3v) is 2.62. The Balaban J connectivity index is 2.91. The van der Waals surface area contributed by atoms with Gasteiger partial charge < -0.3 is 10.4 Å². The van der Waals surface area contributed by atoms with E-state index in [0.717, 1.165) is 6.07 Å². The van der Waals surface area contributed by atoms with Crippen molar-refractivity contribution in [1.82, 2.24) is 4.98 Å². The standard InChI is InChI=1S/C11H15F3N2O/c1-7(6-17)8(2)16-10-9(11(12,13)14)4-3-5-15-10/h3-5,7-8,17H,6H2,1-2H3,(H,15,16). The summed E-state index contributed by atoms with van der Waals surface area (Å²) < 4.78 is 38.0. The third kappa shape index (κ3) is 3.59. The second kappa shape index (κ2) is 5.35. The second-order valence-electron chi connectivity index (χ2n) is 3.99. The number of alkyl halides is 3. The van der Waals surface area contributed by atoms with Gasteiger partial charge in [0.05, 0.1) is 5.56 Å². The smallest absolute Gasteiger partial charge is 0.396 e. The van der Waals surface area contributed by atoms with Gasteiger partial charge in [0, 0.05) is 18.8 Å². The van der Waals surface area contributed by atoms with Gasteiger partial charge >= 0.3 is 6.18 Å². The predicted molar refractivity (Wildman–Crippen MR) is 58.6 cm³/mol. The molecule has 0 saturated carbocycles. The van der Waals surface area contributed by atoms with Gasteiger partial charge in [-0.3, -0.25) is 0 Å². The molecule has 0 saturated heterocycles. The van der Waals surface area contributed by atoms with E-state index in [-0.39, 0.29) is 24.4 Å². The highest BCUT2D eigenvalue weighted by Gasteiger charge is 2.34. The topological polar surface area (TPSA) is 45.1 Å². The number of rotatable bonds is 4. The molecule has 17 heavy (non-hydrogen) atoms. The number of hydrogen-bond acceptors (Lipinski definition) is 3. The number of hydrogen-bond donors (Lipinski definition) is 2. The minimum absolute atomic E-state index is 0.0949. The molecule has 0 aromatic carbocycles. The molecule has 2 N–H and O–H groups in total. The molecule has 2 unspecified atom stereocenters. The van der Waals surface area contributed by atoms with Crippen LogP contribution in [0.15, 0.2) is 18.3 Å². The van der Waals surface area contributed by atoms with E-state index in [0.29, 0.717) is 0 Å². The summed E-state index contributed by atoms with van der Waals surface area (Å²) in [6.45, 7) is 3.35. The van der Waals surface area contributed by atoms with Crippen molar-refractivity contribution in [3.05, 3.63) is 23.9 Å². The molecule has 0 aliphatic heterocycles. The van der Waals surface area contributed by atoms with Crippen LogP contribution in [0.2, 0.25) is 0 Å². The van der Waals surface area contributed by atoms with Gasteiger partial charge in [-0.1, -0.05) is 6.92 Å². The minimum atomic E-state index is -4.43. The van der Waals surface area contributed by atoms with E-state index in [1.165, 1.54) is 12.3 Å². The van der Waals surface area contributed by atoms with Crippen molar-refractivity contribution in [2.75, 3.05) is 11.9 Å². The van der Waals surface area contributed by atoms with Crippen molar-refractivity contribution in [2.24, 2.45) is 5.92 Å². The molecule has 1 aromatic heterocycles. The highest BCUT2D eigenvalue weighted by Crippen LogP contribution is 2.33. The van der Waals surface area contributed by atoms with Crippen LogP contribution in [0.4, 0.5) is 19.0 Å². The SMILES string of the molecule is CC(CO)C(C)Nc1ncccc1C(F)(F)F. The highest BCUT2D eigenvalue weighted by molar-refractivity contribution is 5.46. The Labute approximate surface area is 97.7 Å². The summed E-state index contributed by atoms with van der Waals surface area (Å²) in [6, 6.07) is 1.93. The molecular formula is C11H15F3N2O. The largest absolute Gasteiger partial charge is 0.419 e. The van der Waals surface area contributed by atoms with E-state index in [1.54, 1.807) is 13.8 Å². The fourth-order valence-corrected chi connectivity index (χ4v) is 1.27. The maximum Gasteiger partial charge on any atom is 0.419 e. The molecular weight excluding hydrogens is 233 g/mol. The van der Waals surface area contributed by atoms with Gasteiger partial charge in [0.2, 0.25) is 0 Å². The average molecular weight is 248 g/mol. The number of aliphatic hydroxyl groups excluding tert-OH is 1. The van der Waals surface area contributed by atoms with Crippen molar-refractivity contribution < 1.29 is 18.3 Å². The predicted octanol–water partition coefficient (Wildman–Crippen LogP) is 2.53. The third-order valence-electron chi connectivity index (χ3n) is 2.62. The lowest BCUT2D eigenvalue weighted by Crippen LogP contribution is -2.28. The fourth-order valence-electron chi connectivity index (χ4n) is 1.27. The molecule has 0 bridgehead atoms. The summed E-state index contributed by atoms with van der Waals surface area (Å²) in [7, 11) is 0. The summed E-state index contributed by atoms with van der Waals surface area (Å²) >= 11 is 0. The molecule has 3 nitrogen and oxygen atoms in total. The molecule has 0 fully saturated rings. The zero-order chi connectivity index (χ0) is 13.1.